The first-order valence-electron chi connectivity index (χ1n) is 44.2. The second kappa shape index (κ2) is 61.6. The molecule has 0 aromatic rings. The van der Waals surface area contributed by atoms with E-state index in [0.29, 0.717) is 43.5 Å². The van der Waals surface area contributed by atoms with Crippen molar-refractivity contribution in [2.45, 2.75) is 405 Å². The summed E-state index contributed by atoms with van der Waals surface area (Å²) in [5.41, 5.74) is 0. The molecule has 1 aliphatic carbocycles. The van der Waals surface area contributed by atoms with Crippen molar-refractivity contribution in [3.05, 3.63) is 0 Å². The molecule has 21 atom stereocenters. The van der Waals surface area contributed by atoms with E-state index in [1.165, 1.54) is 250 Å². The highest BCUT2D eigenvalue weighted by Gasteiger charge is 2.29. The maximum Gasteiger partial charge on any atom is 0.472 e. The molecule has 1 saturated heterocycles. The normalized spacial score (nSPS) is 35.9. The fraction of sp³-hybridized carbons (Fsp3) is 1.00. The molecule has 1 heterocycles. The van der Waals surface area contributed by atoms with Crippen molar-refractivity contribution in [1.82, 2.24) is 0 Å². The Morgan fingerprint density at radius 3 is 0.980 bits per heavy atom. The molecule has 2 rings (SSSR count). The van der Waals surface area contributed by atoms with Crippen LogP contribution < -0.4 is 0 Å². The van der Waals surface area contributed by atoms with Gasteiger partial charge in [0.05, 0.1) is 39.6 Å². The molecule has 0 radical (unpaired) electrons. The lowest BCUT2D eigenvalue weighted by Crippen LogP contribution is -2.27. The van der Waals surface area contributed by atoms with Gasteiger partial charge in [0.15, 0.2) is 0 Å². The summed E-state index contributed by atoms with van der Waals surface area (Å²) in [5, 5.41) is 28.9. The Hall–Kier alpha value is -0.170. The summed E-state index contributed by atoms with van der Waals surface area (Å²) < 4.78 is 47.6. The monoisotopic (exact) mass is 1450 g/mol. The zero-order chi connectivity index (χ0) is 74.5. The van der Waals surface area contributed by atoms with Gasteiger partial charge in [-0.15, -0.1) is 0 Å². The van der Waals surface area contributed by atoms with Crippen molar-refractivity contribution in [2.75, 3.05) is 66.1 Å². The summed E-state index contributed by atoms with van der Waals surface area (Å²) in [7, 11) is -4.46. The van der Waals surface area contributed by atoms with Crippen LogP contribution in [0, 0.1) is 101 Å². The lowest BCUT2D eigenvalue weighted by molar-refractivity contribution is -0.0492. The number of aliphatic hydroxyl groups is 3. The Kier molecular flexibility index (Phi) is 59.1. The van der Waals surface area contributed by atoms with Crippen LogP contribution in [-0.2, 0) is 32.6 Å². The maximum atomic E-state index is 12.7. The summed E-state index contributed by atoms with van der Waals surface area (Å²) in [6.45, 7) is 39.0. The van der Waals surface area contributed by atoms with Gasteiger partial charge in [-0.2, -0.15) is 0 Å². The molecular formula is C89H177O11P. The van der Waals surface area contributed by atoms with E-state index < -0.39 is 33.2 Å². The second-order valence-electron chi connectivity index (χ2n) is 36.7. The van der Waals surface area contributed by atoms with Crippen molar-refractivity contribution >= 4 is 7.82 Å². The van der Waals surface area contributed by atoms with Gasteiger partial charge in [0, 0.05) is 26.4 Å². The maximum absolute atomic E-state index is 12.7. The molecule has 101 heavy (non-hydrogen) atoms. The van der Waals surface area contributed by atoms with Gasteiger partial charge in [0.1, 0.15) is 18.3 Å². The zero-order valence-electron chi connectivity index (χ0n) is 69.8. The Morgan fingerprint density at radius 1 is 0.337 bits per heavy atom. The zero-order valence-corrected chi connectivity index (χ0v) is 70.7. The van der Waals surface area contributed by atoms with E-state index >= 15 is 0 Å². The van der Waals surface area contributed by atoms with Crippen LogP contribution in [0.1, 0.15) is 386 Å². The average Bonchev–Trinajstić information content (AvgIpc) is 1.78. The number of phosphoric acid groups is 1. The quantitative estimate of drug-likeness (QED) is 0.172. The molecular weight excluding hydrogens is 1280 g/mol. The topological polar surface area (TPSA) is 153 Å². The predicted octanol–water partition coefficient (Wildman–Crippen LogP) is 25.2. The number of hydrogen-bond acceptors (Lipinski definition) is 10. The van der Waals surface area contributed by atoms with Gasteiger partial charge >= 0.3 is 7.82 Å². The Morgan fingerprint density at radius 2 is 0.624 bits per heavy atom. The summed E-state index contributed by atoms with van der Waals surface area (Å²) >= 11 is 0. The van der Waals surface area contributed by atoms with Crippen molar-refractivity contribution in [2.24, 2.45) is 101 Å². The van der Waals surface area contributed by atoms with Gasteiger partial charge < -0.3 is 39.2 Å². The van der Waals surface area contributed by atoms with Gasteiger partial charge in [-0.25, -0.2) is 4.57 Å². The largest absolute Gasteiger partial charge is 0.472 e. The van der Waals surface area contributed by atoms with Crippen LogP contribution in [0.5, 0.6) is 0 Å². The minimum Gasteiger partial charge on any atom is -0.394 e. The summed E-state index contributed by atoms with van der Waals surface area (Å²) in [5.74, 6) is 13.2. The molecule has 1 saturated carbocycles. The Bertz CT molecular complexity index is 1880. The van der Waals surface area contributed by atoms with Crippen LogP contribution in [0.25, 0.3) is 0 Å². The highest BCUT2D eigenvalue weighted by molar-refractivity contribution is 7.47. The number of phosphoric ester groups is 1. The minimum absolute atomic E-state index is 0.0367. The van der Waals surface area contributed by atoms with Gasteiger partial charge in [-0.3, -0.25) is 9.05 Å². The predicted molar refractivity (Wildman–Crippen MR) is 431 cm³/mol. The number of hydrogen-bond donors (Lipinski definition) is 4. The molecule has 21 unspecified atom stereocenters. The minimum atomic E-state index is -4.46. The van der Waals surface area contributed by atoms with E-state index in [-0.39, 0.29) is 25.9 Å². The average molecular weight is 1450 g/mol. The summed E-state index contributed by atoms with van der Waals surface area (Å²) in [6.07, 6.45) is 56.0. The number of aliphatic hydroxyl groups excluding tert-OH is 3. The number of fused-ring (bicyclic) bond motifs is 2. The molecule has 11 nitrogen and oxygen atoms in total. The molecule has 0 amide bonds. The number of ether oxygens (including phenoxy) is 4. The van der Waals surface area contributed by atoms with E-state index in [4.69, 9.17) is 33.1 Å². The van der Waals surface area contributed by atoms with Crippen molar-refractivity contribution in [3.8, 4) is 0 Å². The lowest BCUT2D eigenvalue weighted by Gasteiger charge is -2.22. The van der Waals surface area contributed by atoms with Gasteiger partial charge in [-0.05, 0) is 139 Å². The van der Waals surface area contributed by atoms with Crippen LogP contribution >= 0.6 is 7.82 Å². The fourth-order valence-electron chi connectivity index (χ4n) is 16.7. The van der Waals surface area contributed by atoms with E-state index in [2.05, 4.69) is 104 Å². The van der Waals surface area contributed by atoms with E-state index in [0.717, 1.165) is 122 Å². The molecule has 0 spiro atoms. The highest BCUT2D eigenvalue weighted by Crippen LogP contribution is 2.44. The van der Waals surface area contributed by atoms with Crippen molar-refractivity contribution in [3.63, 3.8) is 0 Å². The molecule has 2 fully saturated rings. The molecule has 0 aromatic heterocycles. The van der Waals surface area contributed by atoms with Gasteiger partial charge in [-0.1, -0.05) is 348 Å². The standard InChI is InChI=1S/C89H177O11P/c1-70-27-16-17-28-75(6)51-52-83(14)56-60-96-68-89(69-100-101(93,94)99-66-87(92)64-90)98-62-58-81(12)42-24-37-74(5)33-19-31-72(3)35-22-40-78(9)48-47-77(8)39-21-34-71(2)30-18-32-73(4)36-23-41-80(11)55-59-95-67-88(65-91)97-61-57-82(13)44-26-46-85-53-54-86(63-85)84(15)45-25-43-79(10)50-49-76(7)38-20-29-70/h70-92H,16-69H2,1-15H3,(H,93,94). The van der Waals surface area contributed by atoms with Crippen molar-refractivity contribution in [1.29, 1.82) is 0 Å². The third-order valence-corrected chi connectivity index (χ3v) is 26.2. The highest BCUT2D eigenvalue weighted by atomic mass is 31.2. The number of rotatable bonds is 8. The summed E-state index contributed by atoms with van der Waals surface area (Å²) in [4.78, 5) is 10.3. The molecule has 604 valence electrons. The second-order valence-corrected chi connectivity index (χ2v) is 38.1. The van der Waals surface area contributed by atoms with Crippen molar-refractivity contribution < 1.29 is 52.8 Å². The van der Waals surface area contributed by atoms with Crippen LogP contribution in [0.3, 0.4) is 0 Å². The van der Waals surface area contributed by atoms with Crippen LogP contribution in [-0.4, -0.2) is 105 Å². The molecule has 2 aliphatic rings. The molecule has 0 aromatic carbocycles. The van der Waals surface area contributed by atoms with E-state index in [1.807, 2.05) is 0 Å². The first kappa shape index (κ1) is 96.9. The third-order valence-electron chi connectivity index (χ3n) is 25.2. The van der Waals surface area contributed by atoms with Crippen LogP contribution in [0.2, 0.25) is 0 Å². The molecule has 2 bridgehead atoms. The Labute approximate surface area is 628 Å². The fourth-order valence-corrected chi connectivity index (χ4v) is 17.5. The lowest BCUT2D eigenvalue weighted by atomic mass is 9.85. The SMILES string of the molecule is CC1CCCC(C)CCCC(C)CCC(C)CCCC(C)CCCC(C)CCCC(C)CCOC(COP(=O)(O)OCC(O)CO)COCCC(C)CCC(C)CCCCC(C)CCCC(C)CCC(C)CCCC(C)C2CCC(CCCC(C)CCOC(CO)COCCC(C)CCC1)C2. The molecule has 1 aliphatic heterocycles. The van der Waals surface area contributed by atoms with E-state index in [9.17, 15) is 19.7 Å². The molecule has 12 heteroatoms. The van der Waals surface area contributed by atoms with Gasteiger partial charge in [0.25, 0.3) is 0 Å². The van der Waals surface area contributed by atoms with Crippen LogP contribution in [0.15, 0.2) is 0 Å². The first-order valence-corrected chi connectivity index (χ1v) is 45.7. The van der Waals surface area contributed by atoms with Crippen LogP contribution in [0.4, 0.5) is 0 Å². The summed E-state index contributed by atoms with van der Waals surface area (Å²) in [6, 6.07) is 0. The third kappa shape index (κ3) is 55.8. The van der Waals surface area contributed by atoms with Gasteiger partial charge in [0.2, 0.25) is 0 Å². The Balaban J connectivity index is 1.84. The van der Waals surface area contributed by atoms with E-state index in [1.54, 1.807) is 0 Å². The molecule has 4 N–H and O–H groups in total. The first-order chi connectivity index (χ1) is 48.3. The smallest absolute Gasteiger partial charge is 0.394 e.